The Kier molecular flexibility index (Phi) is 11.7. The molecule has 0 amide bonds. The van der Waals surface area contributed by atoms with Crippen LogP contribution in [0.1, 0.15) is 0 Å². The summed E-state index contributed by atoms with van der Waals surface area (Å²) in [5.41, 5.74) is 3.62. The van der Waals surface area contributed by atoms with Crippen LogP contribution in [0.15, 0.2) is 67.1 Å². The van der Waals surface area contributed by atoms with Crippen molar-refractivity contribution in [2.75, 3.05) is 0 Å². The molecule has 0 aliphatic rings. The maximum absolute atomic E-state index is 8.24. The summed E-state index contributed by atoms with van der Waals surface area (Å²) in [6, 6.07) is 15.6. The molecule has 0 spiro atoms. The number of nitrogens with zero attached hydrogens (tertiary/aromatic N) is 3. The molecule has 2 N–H and O–H groups in total. The number of aliphatic hydroxyl groups excluding tert-OH is 2. The van der Waals surface area contributed by atoms with Crippen molar-refractivity contribution < 1.29 is 36.9 Å². The second-order valence-corrected chi connectivity index (χ2v) is 4.01. The quantitative estimate of drug-likeness (QED) is 0.513. The third-order valence-electron chi connectivity index (χ3n) is 2.66. The van der Waals surface area contributed by atoms with E-state index in [9.17, 15) is 0 Å². The Morgan fingerprint density at radius 3 is 1.64 bits per heavy atom. The van der Waals surface area contributed by atoms with Crippen molar-refractivity contribution in [3.8, 4) is 22.6 Å². The molecule has 0 saturated carbocycles. The fourth-order valence-corrected chi connectivity index (χ4v) is 1.84. The Morgan fingerprint density at radius 1 is 0.680 bits per heavy atom. The van der Waals surface area contributed by atoms with Gasteiger partial charge in [0.15, 0.2) is 0 Å². The first kappa shape index (κ1) is 21.9. The van der Waals surface area contributed by atoms with Crippen LogP contribution in [0.2, 0.25) is 0 Å². The fourth-order valence-electron chi connectivity index (χ4n) is 1.84. The summed E-state index contributed by atoms with van der Waals surface area (Å²) in [5, 5.41) is 13.5. The van der Waals surface area contributed by atoms with E-state index in [1.165, 1.54) is 0 Å². The van der Waals surface area contributed by atoms with Gasteiger partial charge in [0.2, 0.25) is 0 Å². The van der Waals surface area contributed by atoms with Gasteiger partial charge in [0.1, 0.15) is 0 Å². The van der Waals surface area contributed by atoms with Gasteiger partial charge in [-0.1, -0.05) is 25.1 Å². The number of hydrogen-bond acceptors (Lipinski definition) is 5. The van der Waals surface area contributed by atoms with E-state index >= 15 is 0 Å². The first-order valence-corrected chi connectivity index (χ1v) is 6.58. The van der Waals surface area contributed by atoms with Gasteiger partial charge in [-0.2, -0.15) is 0 Å². The molecule has 3 heterocycles. The maximum Gasteiger partial charge on any atom is 2.00 e. The predicted molar refractivity (Wildman–Crippen MR) is 87.3 cm³/mol. The Balaban J connectivity index is 0.000000729. The van der Waals surface area contributed by atoms with Crippen LogP contribution in [0.25, 0.3) is 22.6 Å². The standard InChI is InChI=1S/C15H11N3.2CHO2.Cu/c1-3-9-16-13(7-1)12-6-5-11-18-15(12)14-8-2-4-10-17-14;2*2-1-3;/h1-11H;2*(H,2,3);/q;2*-1;+2. The van der Waals surface area contributed by atoms with Gasteiger partial charge in [-0.25, -0.2) is 0 Å². The molecule has 0 atom stereocenters. The summed E-state index contributed by atoms with van der Waals surface area (Å²) in [4.78, 5) is 29.6. The minimum Gasteiger partial charge on any atom is -0.665 e. The number of pyridine rings is 3. The molecule has 3 aromatic heterocycles. The van der Waals surface area contributed by atoms with Crippen LogP contribution in [0.4, 0.5) is 0 Å². The molecular weight excluding hydrogens is 374 g/mol. The average molecular weight is 387 g/mol. The Morgan fingerprint density at radius 2 is 1.16 bits per heavy atom. The van der Waals surface area contributed by atoms with Crippen molar-refractivity contribution in [1.29, 1.82) is 0 Å². The van der Waals surface area contributed by atoms with E-state index in [0.29, 0.717) is 12.9 Å². The summed E-state index contributed by atoms with van der Waals surface area (Å²) in [6.07, 6.45) is 5.33. The van der Waals surface area contributed by atoms with E-state index in [1.54, 1.807) is 18.6 Å². The molecule has 3 aromatic rings. The van der Waals surface area contributed by atoms with E-state index in [1.807, 2.05) is 48.5 Å². The zero-order chi connectivity index (χ0) is 17.6. The van der Waals surface area contributed by atoms with Crippen molar-refractivity contribution in [3.05, 3.63) is 67.1 Å². The predicted octanol–water partition coefficient (Wildman–Crippen LogP) is 2.43. The fraction of sp³-hybridized carbons (Fsp3) is 0. The van der Waals surface area contributed by atoms with E-state index in [-0.39, 0.29) is 17.1 Å². The van der Waals surface area contributed by atoms with Crippen LogP contribution in [0.5, 0.6) is 0 Å². The van der Waals surface area contributed by atoms with Crippen LogP contribution in [-0.2, 0) is 26.7 Å². The second kappa shape index (κ2) is 13.4. The van der Waals surface area contributed by atoms with E-state index in [2.05, 4.69) is 15.0 Å². The normalized spacial score (nSPS) is 8.32. The maximum atomic E-state index is 8.24. The SMILES string of the molecule is O=[C-]O.O=[C-]O.[Cu+2].c1ccc(-c2cccnc2-c2ccccn2)nc1. The average Bonchev–Trinajstić information content (AvgIpc) is 2.65. The van der Waals surface area contributed by atoms with Crippen LogP contribution in [0, 0.1) is 0 Å². The number of rotatable bonds is 2. The van der Waals surface area contributed by atoms with Crippen molar-refractivity contribution >= 4 is 12.9 Å². The zero-order valence-corrected chi connectivity index (χ0v) is 13.6. The first-order valence-electron chi connectivity index (χ1n) is 6.58. The Hall–Kier alpha value is -3.09. The molecule has 25 heavy (non-hydrogen) atoms. The van der Waals surface area contributed by atoms with E-state index < -0.39 is 0 Å². The summed E-state index contributed by atoms with van der Waals surface area (Å²) in [7, 11) is 0. The molecule has 0 aromatic carbocycles. The molecule has 8 heteroatoms. The molecule has 0 fully saturated rings. The van der Waals surface area contributed by atoms with Gasteiger partial charge < -0.3 is 19.8 Å². The summed E-state index contributed by atoms with van der Waals surface area (Å²) < 4.78 is 0. The minimum absolute atomic E-state index is 0. The van der Waals surface area contributed by atoms with E-state index in [0.717, 1.165) is 22.6 Å². The molecular formula is C17H13CuN3O4. The van der Waals surface area contributed by atoms with Crippen molar-refractivity contribution in [3.63, 3.8) is 0 Å². The van der Waals surface area contributed by atoms with Crippen LogP contribution < -0.4 is 0 Å². The Bertz CT molecular complexity index is 679. The van der Waals surface area contributed by atoms with Gasteiger partial charge in [0, 0.05) is 24.2 Å². The largest absolute Gasteiger partial charge is 2.00 e. The monoisotopic (exact) mass is 386 g/mol. The van der Waals surface area contributed by atoms with Crippen LogP contribution in [0.3, 0.4) is 0 Å². The third kappa shape index (κ3) is 7.34. The molecule has 7 nitrogen and oxygen atoms in total. The number of aromatic nitrogens is 3. The summed E-state index contributed by atoms with van der Waals surface area (Å²) in [5.74, 6) is 0. The van der Waals surface area contributed by atoms with Gasteiger partial charge in [-0.05, 0) is 36.4 Å². The second-order valence-electron chi connectivity index (χ2n) is 4.01. The minimum atomic E-state index is 0. The zero-order valence-electron chi connectivity index (χ0n) is 12.7. The smallest absolute Gasteiger partial charge is 0.665 e. The molecule has 131 valence electrons. The molecule has 0 aliphatic heterocycles. The summed E-state index contributed by atoms with van der Waals surface area (Å²) >= 11 is 0. The van der Waals surface area contributed by atoms with Crippen LogP contribution in [-0.4, -0.2) is 38.1 Å². The van der Waals surface area contributed by atoms with Gasteiger partial charge in [-0.15, -0.1) is 0 Å². The van der Waals surface area contributed by atoms with Gasteiger partial charge in [-0.3, -0.25) is 15.0 Å². The van der Waals surface area contributed by atoms with E-state index in [4.69, 9.17) is 19.8 Å². The molecule has 0 unspecified atom stereocenters. The van der Waals surface area contributed by atoms with Crippen molar-refractivity contribution in [1.82, 2.24) is 15.0 Å². The van der Waals surface area contributed by atoms with Gasteiger partial charge >= 0.3 is 17.1 Å². The third-order valence-corrected chi connectivity index (χ3v) is 2.66. The van der Waals surface area contributed by atoms with Gasteiger partial charge in [0.05, 0.1) is 17.1 Å². The molecule has 0 saturated heterocycles. The van der Waals surface area contributed by atoms with Gasteiger partial charge in [0.25, 0.3) is 0 Å². The van der Waals surface area contributed by atoms with Crippen molar-refractivity contribution in [2.24, 2.45) is 0 Å². The molecule has 3 rings (SSSR count). The summed E-state index contributed by atoms with van der Waals surface area (Å²) in [6.45, 7) is 1.00. The molecule has 0 bridgehead atoms. The topological polar surface area (TPSA) is 113 Å². The number of hydrogen-bond donors (Lipinski definition) is 2. The van der Waals surface area contributed by atoms with Crippen molar-refractivity contribution in [2.45, 2.75) is 0 Å². The Labute approximate surface area is 154 Å². The molecule has 1 radical (unpaired) electrons. The van der Waals surface area contributed by atoms with Crippen LogP contribution >= 0.6 is 0 Å². The molecule has 0 aliphatic carbocycles. The first-order chi connectivity index (χ1) is 11.8.